The third-order valence-electron chi connectivity index (χ3n) is 8.14. The van der Waals surface area contributed by atoms with Crippen molar-refractivity contribution in [1.82, 2.24) is 9.88 Å². The van der Waals surface area contributed by atoms with Gasteiger partial charge in [0.05, 0.1) is 0 Å². The number of nitrogens with zero attached hydrogens (tertiary/aromatic N) is 2. The van der Waals surface area contributed by atoms with Crippen molar-refractivity contribution in [2.24, 2.45) is 5.92 Å². The van der Waals surface area contributed by atoms with Gasteiger partial charge in [-0.1, -0.05) is 30.3 Å². The van der Waals surface area contributed by atoms with Crippen LogP contribution in [0.4, 0.5) is 15.8 Å². The molecule has 1 saturated heterocycles. The summed E-state index contributed by atoms with van der Waals surface area (Å²) in [7, 11) is 0. The Kier molecular flexibility index (Phi) is 5.83. The summed E-state index contributed by atoms with van der Waals surface area (Å²) in [4.78, 5) is 19.8. The Bertz CT molecular complexity index is 1540. The quantitative estimate of drug-likeness (QED) is 0.299. The van der Waals surface area contributed by atoms with Crippen molar-refractivity contribution < 1.29 is 9.18 Å². The molecule has 0 bridgehead atoms. The molecule has 2 aliphatic rings. The minimum absolute atomic E-state index is 0.0355. The van der Waals surface area contributed by atoms with Gasteiger partial charge >= 0.3 is 0 Å². The van der Waals surface area contributed by atoms with E-state index >= 15 is 0 Å². The molecule has 0 spiro atoms. The maximum atomic E-state index is 13.5. The van der Waals surface area contributed by atoms with Gasteiger partial charge in [-0.05, 0) is 90.6 Å². The fourth-order valence-corrected chi connectivity index (χ4v) is 6.38. The monoisotopic (exact) mass is 504 g/mol. The highest BCUT2D eigenvalue weighted by molar-refractivity contribution is 5.93. The van der Waals surface area contributed by atoms with E-state index < -0.39 is 0 Å². The lowest BCUT2D eigenvalue weighted by Crippen LogP contribution is -2.35. The normalized spacial score (nSPS) is 21.6. The maximum Gasteiger partial charge on any atom is 0.272 e. The molecule has 190 valence electrons. The number of carbonyl (C=O) groups excluding carboxylic acids is 1. The van der Waals surface area contributed by atoms with Gasteiger partial charge in [0, 0.05) is 53.8 Å². The molecule has 5 nitrogen and oxygen atoms in total. The highest BCUT2D eigenvalue weighted by Crippen LogP contribution is 2.69. The number of anilines is 2. The molecular weight excluding hydrogens is 475 g/mol. The van der Waals surface area contributed by atoms with Crippen LogP contribution in [0.2, 0.25) is 0 Å². The van der Waals surface area contributed by atoms with Crippen molar-refractivity contribution in [1.29, 1.82) is 5.41 Å². The van der Waals surface area contributed by atoms with Crippen molar-refractivity contribution in [3.63, 3.8) is 0 Å². The molecule has 1 aliphatic carbocycles. The molecule has 3 atom stereocenters. The third-order valence-corrected chi connectivity index (χ3v) is 8.14. The molecule has 6 rings (SSSR count). The van der Waals surface area contributed by atoms with Crippen LogP contribution in [0.25, 0.3) is 0 Å². The van der Waals surface area contributed by atoms with Crippen LogP contribution in [0.1, 0.15) is 44.2 Å². The molecule has 2 heterocycles. The Morgan fingerprint density at radius 2 is 1.84 bits per heavy atom. The first-order valence-electron chi connectivity index (χ1n) is 12.9. The van der Waals surface area contributed by atoms with Gasteiger partial charge in [-0.25, -0.2) is 4.39 Å². The van der Waals surface area contributed by atoms with E-state index in [1.54, 1.807) is 18.3 Å². The van der Waals surface area contributed by atoms with Gasteiger partial charge < -0.3 is 15.6 Å². The number of halogens is 1. The Hall–Kier alpha value is -4.32. The summed E-state index contributed by atoms with van der Waals surface area (Å²) in [5, 5.41) is 11.5. The molecule has 38 heavy (non-hydrogen) atoms. The number of nitrogens with one attached hydrogen (secondary N) is 2. The first-order valence-corrected chi connectivity index (χ1v) is 12.9. The number of fused-ring (bicyclic) bond motifs is 1. The second-order valence-electron chi connectivity index (χ2n) is 10.5. The average Bonchev–Trinajstić information content (AvgIpc) is 3.38. The van der Waals surface area contributed by atoms with Gasteiger partial charge in [-0.15, -0.1) is 0 Å². The van der Waals surface area contributed by atoms with Crippen molar-refractivity contribution in [3.05, 3.63) is 124 Å². The van der Waals surface area contributed by atoms with E-state index in [9.17, 15) is 9.18 Å². The zero-order chi connectivity index (χ0) is 26.4. The molecule has 0 radical (unpaired) electrons. The van der Waals surface area contributed by atoms with Crippen LogP contribution in [0.15, 0.2) is 85.1 Å². The zero-order valence-electron chi connectivity index (χ0n) is 21.4. The third kappa shape index (κ3) is 3.97. The highest BCUT2D eigenvalue weighted by Gasteiger charge is 2.71. The Morgan fingerprint density at radius 3 is 2.55 bits per heavy atom. The first kappa shape index (κ1) is 24.0. The van der Waals surface area contributed by atoms with E-state index in [0.29, 0.717) is 24.7 Å². The molecule has 1 aliphatic heterocycles. The number of piperidine rings is 1. The average molecular weight is 505 g/mol. The van der Waals surface area contributed by atoms with Crippen molar-refractivity contribution in [3.8, 4) is 0 Å². The Morgan fingerprint density at radius 1 is 1.08 bits per heavy atom. The van der Waals surface area contributed by atoms with Gasteiger partial charge in [-0.2, -0.15) is 0 Å². The second-order valence-corrected chi connectivity index (χ2v) is 10.5. The zero-order valence-corrected chi connectivity index (χ0v) is 21.4. The molecule has 1 saturated carbocycles. The number of likely N-dealkylation sites (tertiary alicyclic amines) is 1. The van der Waals surface area contributed by atoms with Crippen LogP contribution in [0, 0.1) is 31.0 Å². The van der Waals surface area contributed by atoms with Crippen molar-refractivity contribution in [2.45, 2.75) is 25.2 Å². The fourth-order valence-electron chi connectivity index (χ4n) is 6.38. The number of amides is 1. The lowest BCUT2D eigenvalue weighted by Gasteiger charge is -2.26. The summed E-state index contributed by atoms with van der Waals surface area (Å²) >= 11 is 0. The van der Waals surface area contributed by atoms with Crippen LogP contribution < -0.4 is 5.32 Å². The van der Waals surface area contributed by atoms with Crippen LogP contribution in [-0.4, -0.2) is 35.1 Å². The summed E-state index contributed by atoms with van der Waals surface area (Å²) < 4.78 is 13.4. The number of rotatable bonds is 6. The summed E-state index contributed by atoms with van der Waals surface area (Å²) in [6.45, 7) is 5.34. The van der Waals surface area contributed by atoms with E-state index in [-0.39, 0.29) is 23.1 Å². The van der Waals surface area contributed by atoms with Gasteiger partial charge in [0.2, 0.25) is 0 Å². The van der Waals surface area contributed by atoms with E-state index in [4.69, 9.17) is 5.41 Å². The number of hydrogen-bond donors (Lipinski definition) is 2. The topological polar surface area (TPSA) is 69.1 Å². The highest BCUT2D eigenvalue weighted by atomic mass is 19.1. The van der Waals surface area contributed by atoms with E-state index in [1.807, 2.05) is 30.0 Å². The molecule has 1 amide bonds. The summed E-state index contributed by atoms with van der Waals surface area (Å²) in [5.74, 6) is 0.256. The van der Waals surface area contributed by atoms with Gasteiger partial charge in [-0.3, -0.25) is 9.78 Å². The maximum absolute atomic E-state index is 13.5. The van der Waals surface area contributed by atoms with Gasteiger partial charge in [0.1, 0.15) is 11.5 Å². The molecule has 2 N–H and O–H groups in total. The number of benzene rings is 3. The van der Waals surface area contributed by atoms with Crippen molar-refractivity contribution >= 4 is 23.5 Å². The Labute approximate surface area is 221 Å². The minimum Gasteiger partial charge on any atom is -0.355 e. The first-order chi connectivity index (χ1) is 18.4. The van der Waals surface area contributed by atoms with E-state index in [1.165, 1.54) is 29.5 Å². The summed E-state index contributed by atoms with van der Waals surface area (Å²) in [6.07, 6.45) is 3.05. The lowest BCUT2D eigenvalue weighted by atomic mass is 9.85. The standard InChI is InChI=1S/C32H29FN4O/c1-20-12-13-35-29(14-20)31(38)37-18-27-30(22-6-4-3-5-7-22)32(27,19-37)26-16-23(17-34)28(15-21(26)2)36-25-10-8-24(33)9-11-25/h3-17,27,30,34,36H,18-19H2,1-2H3. The predicted octanol–water partition coefficient (Wildman–Crippen LogP) is 6.39. The second kappa shape index (κ2) is 9.21. The summed E-state index contributed by atoms with van der Waals surface area (Å²) in [5.41, 5.74) is 7.14. The predicted molar refractivity (Wildman–Crippen MR) is 148 cm³/mol. The molecule has 4 aromatic rings. The van der Waals surface area contributed by atoms with Gasteiger partial charge in [0.15, 0.2) is 0 Å². The number of aromatic nitrogens is 1. The molecule has 3 aromatic carbocycles. The largest absolute Gasteiger partial charge is 0.355 e. The molecule has 1 aromatic heterocycles. The fraction of sp³-hybridized carbons (Fsp3) is 0.219. The summed E-state index contributed by atoms with van der Waals surface area (Å²) in [6, 6.07) is 24.6. The van der Waals surface area contributed by atoms with Gasteiger partial charge in [0.25, 0.3) is 5.91 Å². The van der Waals surface area contributed by atoms with Crippen LogP contribution in [0.5, 0.6) is 0 Å². The van der Waals surface area contributed by atoms with Crippen LogP contribution >= 0.6 is 0 Å². The molecule has 3 unspecified atom stereocenters. The van der Waals surface area contributed by atoms with Crippen LogP contribution in [0.3, 0.4) is 0 Å². The van der Waals surface area contributed by atoms with Crippen LogP contribution in [-0.2, 0) is 5.41 Å². The number of carbonyl (C=O) groups is 1. The smallest absolute Gasteiger partial charge is 0.272 e. The Balaban J connectivity index is 1.38. The number of pyridine rings is 1. The molecule has 6 heteroatoms. The van der Waals surface area contributed by atoms with E-state index in [2.05, 4.69) is 53.6 Å². The minimum atomic E-state index is -0.290. The van der Waals surface area contributed by atoms with E-state index in [0.717, 1.165) is 28.1 Å². The lowest BCUT2D eigenvalue weighted by molar-refractivity contribution is 0.0763. The molecular formula is C32H29FN4O. The number of aryl methyl sites for hydroxylation is 2. The SMILES string of the molecule is Cc1ccnc(C(=O)N2CC3C(c4ccccc4)C3(c3cc(C=N)c(Nc4ccc(F)cc4)cc3C)C2)c1. The number of hydrogen-bond acceptors (Lipinski definition) is 4. The van der Waals surface area contributed by atoms with Crippen molar-refractivity contribution in [2.75, 3.05) is 18.4 Å². The molecule has 2 fully saturated rings.